The number of methoxy groups -OCH3 is 2. The van der Waals surface area contributed by atoms with Crippen LogP contribution in [0.1, 0.15) is 32.1 Å². The second kappa shape index (κ2) is 13.3. The van der Waals surface area contributed by atoms with Gasteiger partial charge in [0.15, 0.2) is 0 Å². The number of sulfonamides is 1. The molecule has 2 aromatic heterocycles. The molecule has 0 unspecified atom stereocenters. The maximum atomic E-state index is 14.4. The van der Waals surface area contributed by atoms with Gasteiger partial charge < -0.3 is 23.8 Å². The van der Waals surface area contributed by atoms with Crippen LogP contribution in [0.3, 0.4) is 0 Å². The van der Waals surface area contributed by atoms with Crippen LogP contribution in [0.5, 0.6) is 11.8 Å². The Hall–Kier alpha value is -3.05. The number of hydrogen-bond donors (Lipinski definition) is 0. The topological polar surface area (TPSA) is 80.1 Å². The lowest BCUT2D eigenvalue weighted by molar-refractivity contribution is 0.126. The number of halogens is 1. The van der Waals surface area contributed by atoms with Crippen molar-refractivity contribution in [3.05, 3.63) is 54.6 Å². The highest BCUT2D eigenvalue weighted by molar-refractivity contribution is 7.92. The van der Waals surface area contributed by atoms with Gasteiger partial charge in [0.25, 0.3) is 10.0 Å². The number of nitrogens with zero attached hydrogens (tertiary/aromatic N) is 5. The monoisotopic (exact) mass is 627 g/mol. The summed E-state index contributed by atoms with van der Waals surface area (Å²) >= 11 is 0. The zero-order chi connectivity index (χ0) is 29.3. The average Bonchev–Trinajstić information content (AvgIpc) is 3.66. The number of aryl methyl sites for hydroxylation is 1. The molecular weight excluding hydrogens is 586 g/mol. The standard InChI is InChI=1S/C32H41N5O4S.ClH/c1-34-28-10-5-4-9-26(28)27-23-25(11-12-29(27)34)42(38,39)37(30-13-14-31(40-2)33-32(30)41-3)20-8-17-35-21-15-24(16-22-35)36-18-6-7-19-36;/h4-5,9-14,23-24H,6-8,15-22H2,1-3H3;1H. The summed E-state index contributed by atoms with van der Waals surface area (Å²) in [6.45, 7) is 5.73. The number of pyridine rings is 1. The molecule has 232 valence electrons. The van der Waals surface area contributed by atoms with E-state index in [4.69, 9.17) is 9.47 Å². The fourth-order valence-electron chi connectivity index (χ4n) is 6.73. The van der Waals surface area contributed by atoms with Crippen LogP contribution in [0.2, 0.25) is 0 Å². The van der Waals surface area contributed by atoms with Gasteiger partial charge in [-0.15, -0.1) is 12.4 Å². The molecule has 2 saturated heterocycles. The van der Waals surface area contributed by atoms with Crippen molar-refractivity contribution < 1.29 is 17.9 Å². The number of ether oxygens (including phenoxy) is 2. The van der Waals surface area contributed by atoms with E-state index in [-0.39, 0.29) is 23.2 Å². The molecule has 2 fully saturated rings. The van der Waals surface area contributed by atoms with E-state index in [0.29, 0.717) is 30.6 Å². The summed E-state index contributed by atoms with van der Waals surface area (Å²) in [5, 5.41) is 1.94. The number of likely N-dealkylation sites (tertiary alicyclic amines) is 2. The summed E-state index contributed by atoms with van der Waals surface area (Å²) in [4.78, 5) is 9.78. The Labute approximate surface area is 260 Å². The number of piperidine rings is 1. The molecule has 4 aromatic rings. The lowest BCUT2D eigenvalue weighted by atomic mass is 10.0. The minimum Gasteiger partial charge on any atom is -0.481 e. The number of anilines is 1. The molecule has 6 rings (SSSR count). The van der Waals surface area contributed by atoms with Gasteiger partial charge in [-0.2, -0.15) is 4.98 Å². The SMILES string of the molecule is COc1ccc(N(CCCN2CCC(N3CCCC3)CC2)S(=O)(=O)c2ccc3c(c2)c2ccccc2n3C)c(OC)n1.Cl. The zero-order valence-corrected chi connectivity index (χ0v) is 26.9. The van der Waals surface area contributed by atoms with Crippen molar-refractivity contribution in [3.63, 3.8) is 0 Å². The highest BCUT2D eigenvalue weighted by atomic mass is 35.5. The Morgan fingerprint density at radius 2 is 1.63 bits per heavy atom. The van der Waals surface area contributed by atoms with Gasteiger partial charge in [-0.25, -0.2) is 8.42 Å². The third-order valence-corrected chi connectivity index (χ3v) is 10.8. The molecule has 0 amide bonds. The normalized spacial score (nSPS) is 16.9. The molecule has 0 spiro atoms. The van der Waals surface area contributed by atoms with E-state index in [1.54, 1.807) is 24.3 Å². The van der Waals surface area contributed by atoms with Crippen LogP contribution < -0.4 is 13.8 Å². The summed E-state index contributed by atoms with van der Waals surface area (Å²) in [6, 6.07) is 17.6. The smallest absolute Gasteiger partial charge is 0.264 e. The maximum absolute atomic E-state index is 14.4. The lowest BCUT2D eigenvalue weighted by Gasteiger charge is -2.37. The predicted molar refractivity (Wildman–Crippen MR) is 174 cm³/mol. The summed E-state index contributed by atoms with van der Waals surface area (Å²) in [5.41, 5.74) is 2.46. The van der Waals surface area contributed by atoms with Crippen LogP contribution in [-0.2, 0) is 17.1 Å². The van der Waals surface area contributed by atoms with Crippen molar-refractivity contribution in [1.82, 2.24) is 19.4 Å². The molecule has 0 aliphatic carbocycles. The largest absolute Gasteiger partial charge is 0.481 e. The lowest BCUT2D eigenvalue weighted by Crippen LogP contribution is -2.44. The number of para-hydroxylation sites is 1. The van der Waals surface area contributed by atoms with Crippen molar-refractivity contribution in [2.45, 2.75) is 43.0 Å². The van der Waals surface area contributed by atoms with E-state index in [9.17, 15) is 8.42 Å². The van der Waals surface area contributed by atoms with E-state index in [1.807, 2.05) is 31.3 Å². The van der Waals surface area contributed by atoms with Gasteiger partial charge in [-0.05, 0) is 95.2 Å². The summed E-state index contributed by atoms with van der Waals surface area (Å²) in [5.74, 6) is 0.585. The van der Waals surface area contributed by atoms with Gasteiger partial charge in [0.2, 0.25) is 11.8 Å². The van der Waals surface area contributed by atoms with Crippen LogP contribution in [0.4, 0.5) is 5.69 Å². The van der Waals surface area contributed by atoms with Crippen LogP contribution in [0.25, 0.3) is 21.8 Å². The summed E-state index contributed by atoms with van der Waals surface area (Å²) < 4.78 is 43.2. The van der Waals surface area contributed by atoms with Crippen molar-refractivity contribution in [2.24, 2.45) is 7.05 Å². The summed E-state index contributed by atoms with van der Waals surface area (Å²) in [7, 11) is 1.10. The first-order valence-corrected chi connectivity index (χ1v) is 16.4. The molecule has 2 aliphatic rings. The molecule has 0 saturated carbocycles. The second-order valence-electron chi connectivity index (χ2n) is 11.4. The predicted octanol–water partition coefficient (Wildman–Crippen LogP) is 5.31. The molecule has 43 heavy (non-hydrogen) atoms. The van der Waals surface area contributed by atoms with E-state index < -0.39 is 10.0 Å². The number of aromatic nitrogens is 2. The van der Waals surface area contributed by atoms with Crippen molar-refractivity contribution in [2.75, 3.05) is 57.8 Å². The van der Waals surface area contributed by atoms with Crippen molar-refractivity contribution in [1.29, 1.82) is 0 Å². The quantitative estimate of drug-likeness (QED) is 0.236. The molecule has 4 heterocycles. The fraction of sp³-hybridized carbons (Fsp3) is 0.469. The minimum atomic E-state index is -3.94. The Morgan fingerprint density at radius 3 is 2.35 bits per heavy atom. The van der Waals surface area contributed by atoms with Gasteiger partial charge in [-0.3, -0.25) is 4.31 Å². The van der Waals surface area contributed by atoms with Gasteiger partial charge in [0.1, 0.15) is 5.69 Å². The molecule has 9 nitrogen and oxygen atoms in total. The third-order valence-electron chi connectivity index (χ3n) is 9.01. The van der Waals surface area contributed by atoms with Gasteiger partial charge >= 0.3 is 0 Å². The molecule has 11 heteroatoms. The average molecular weight is 628 g/mol. The highest BCUT2D eigenvalue weighted by Crippen LogP contribution is 2.35. The zero-order valence-electron chi connectivity index (χ0n) is 25.2. The van der Waals surface area contributed by atoms with Gasteiger partial charge in [-0.1, -0.05) is 18.2 Å². The Morgan fingerprint density at radius 1 is 0.907 bits per heavy atom. The Kier molecular flexibility index (Phi) is 9.70. The number of fused-ring (bicyclic) bond motifs is 3. The van der Waals surface area contributed by atoms with Crippen molar-refractivity contribution >= 4 is 49.9 Å². The second-order valence-corrected chi connectivity index (χ2v) is 13.2. The first-order chi connectivity index (χ1) is 20.4. The Bertz CT molecular complexity index is 1660. The summed E-state index contributed by atoms with van der Waals surface area (Å²) in [6.07, 6.45) is 5.70. The van der Waals surface area contributed by atoms with Crippen LogP contribution in [-0.4, -0.2) is 87.3 Å². The number of hydrogen-bond acceptors (Lipinski definition) is 7. The number of rotatable bonds is 10. The third kappa shape index (κ3) is 6.16. The molecule has 2 aromatic carbocycles. The Balaban J connectivity index is 0.00000368. The minimum absolute atomic E-state index is 0. The molecule has 0 bridgehead atoms. The molecular formula is C32H42ClN5O4S. The first-order valence-electron chi connectivity index (χ1n) is 15.0. The van der Waals surface area contributed by atoms with Crippen molar-refractivity contribution in [3.8, 4) is 11.8 Å². The van der Waals surface area contributed by atoms with Crippen LogP contribution >= 0.6 is 12.4 Å². The van der Waals surface area contributed by atoms with Gasteiger partial charge in [0.05, 0.1) is 19.1 Å². The highest BCUT2D eigenvalue weighted by Gasteiger charge is 2.30. The van der Waals surface area contributed by atoms with E-state index in [0.717, 1.165) is 41.4 Å². The number of benzene rings is 2. The van der Waals surface area contributed by atoms with Crippen LogP contribution in [0, 0.1) is 0 Å². The van der Waals surface area contributed by atoms with Crippen LogP contribution in [0.15, 0.2) is 59.5 Å². The molecule has 0 N–H and O–H groups in total. The molecule has 0 radical (unpaired) electrons. The van der Waals surface area contributed by atoms with E-state index in [1.165, 1.54) is 57.3 Å². The maximum Gasteiger partial charge on any atom is 0.264 e. The molecule has 0 atom stereocenters. The van der Waals surface area contributed by atoms with E-state index >= 15 is 0 Å². The van der Waals surface area contributed by atoms with Gasteiger partial charge in [0, 0.05) is 47.5 Å². The molecule has 2 aliphatic heterocycles. The first kappa shape index (κ1) is 31.4. The van der Waals surface area contributed by atoms with E-state index in [2.05, 4.69) is 25.4 Å². The fourth-order valence-corrected chi connectivity index (χ4v) is 8.26.